The van der Waals surface area contributed by atoms with Crippen LogP contribution in [0.5, 0.6) is 5.75 Å². The van der Waals surface area contributed by atoms with Gasteiger partial charge in [0.25, 0.3) is 11.8 Å². The molecule has 10 nitrogen and oxygen atoms in total. The lowest BCUT2D eigenvalue weighted by atomic mass is 9.94. The molecule has 4 amide bonds. The number of hydrogen-bond donors (Lipinski definition) is 4. The van der Waals surface area contributed by atoms with Crippen LogP contribution in [0.3, 0.4) is 0 Å². The fraction of sp³-hybridized carbons (Fsp3) is 0.417. The Morgan fingerprint density at radius 1 is 1.00 bits per heavy atom. The maximum Gasteiger partial charge on any atom is 0.321 e. The van der Waals surface area contributed by atoms with Gasteiger partial charge in [0, 0.05) is 55.6 Å². The predicted molar refractivity (Wildman–Crippen MR) is 180 cm³/mol. The van der Waals surface area contributed by atoms with E-state index in [0.29, 0.717) is 48.7 Å². The second-order valence-corrected chi connectivity index (χ2v) is 12.1. The Kier molecular flexibility index (Phi) is 12.9. The maximum absolute atomic E-state index is 14.2. The molecule has 1 heterocycles. The molecule has 3 atom stereocenters. The fourth-order valence-corrected chi connectivity index (χ4v) is 5.92. The monoisotopic (exact) mass is 665 g/mol. The first-order valence-corrected chi connectivity index (χ1v) is 16.3. The molecule has 1 aliphatic heterocycles. The second kappa shape index (κ2) is 17.0. The van der Waals surface area contributed by atoms with E-state index in [1.165, 1.54) is 6.07 Å². The molecule has 0 spiro atoms. The zero-order valence-electron chi connectivity index (χ0n) is 27.9. The summed E-state index contributed by atoms with van der Waals surface area (Å²) in [7, 11) is 1.55. The first-order valence-electron chi connectivity index (χ1n) is 16.3. The third kappa shape index (κ3) is 9.74. The molecule has 0 aromatic heterocycles. The van der Waals surface area contributed by atoms with Crippen molar-refractivity contribution in [3.8, 4) is 5.75 Å². The van der Waals surface area contributed by atoms with Crippen molar-refractivity contribution < 1.29 is 33.0 Å². The Labute approximate surface area is 280 Å². The van der Waals surface area contributed by atoms with Gasteiger partial charge in [-0.1, -0.05) is 13.8 Å². The summed E-state index contributed by atoms with van der Waals surface area (Å²) in [5.74, 6) is -1.66. The highest BCUT2D eigenvalue weighted by Gasteiger charge is 2.34. The number of benzene rings is 3. The van der Waals surface area contributed by atoms with Crippen LogP contribution in [0.4, 0.5) is 19.3 Å². The van der Waals surface area contributed by atoms with Crippen LogP contribution in [-0.2, 0) is 6.42 Å². The highest BCUT2D eigenvalue weighted by Crippen LogP contribution is 2.19. The number of halogens is 2. The molecule has 1 fully saturated rings. The number of ether oxygens (including phenoxy) is 1. The summed E-state index contributed by atoms with van der Waals surface area (Å²) >= 11 is 0. The van der Waals surface area contributed by atoms with Crippen molar-refractivity contribution >= 4 is 23.5 Å². The van der Waals surface area contributed by atoms with Gasteiger partial charge in [-0.3, -0.25) is 9.59 Å². The molecule has 258 valence electrons. The first kappa shape index (κ1) is 36.3. The molecular formula is C36H45F2N5O5. The average molecular weight is 666 g/mol. The van der Waals surface area contributed by atoms with E-state index in [1.54, 1.807) is 60.2 Å². The van der Waals surface area contributed by atoms with E-state index >= 15 is 0 Å². The number of anilines is 1. The van der Waals surface area contributed by atoms with E-state index in [4.69, 9.17) is 4.74 Å². The van der Waals surface area contributed by atoms with Crippen LogP contribution < -0.4 is 20.7 Å². The Balaban J connectivity index is 1.55. The summed E-state index contributed by atoms with van der Waals surface area (Å²) in [5, 5.41) is 20.6. The summed E-state index contributed by atoms with van der Waals surface area (Å²) in [6.45, 7) is 7.78. The molecule has 0 unspecified atom stereocenters. The van der Waals surface area contributed by atoms with Crippen molar-refractivity contribution in [1.82, 2.24) is 20.4 Å². The van der Waals surface area contributed by atoms with E-state index in [2.05, 4.69) is 16.0 Å². The smallest absolute Gasteiger partial charge is 0.321 e. The zero-order valence-corrected chi connectivity index (χ0v) is 27.9. The van der Waals surface area contributed by atoms with Gasteiger partial charge < -0.3 is 35.6 Å². The number of nitrogens with zero attached hydrogens (tertiary/aromatic N) is 2. The standard InChI is InChI=1S/C36H45F2N5O5/c1-5-12-42(13-6-2)35(46)26-16-23(3)15-25(20-26)34(45)41-31(19-24-17-27(37)21-28(38)18-24)33(44)32-22-43(14-11-39-32)36(47)40-29-7-9-30(48-4)10-8-29/h7-10,15-18,20-21,31-33,39,44H,5-6,11-14,19,22H2,1-4H3,(H,40,47)(H,41,45)/t31-,32+,33-/m0/s1. The van der Waals surface area contributed by atoms with Gasteiger partial charge in [0.2, 0.25) is 0 Å². The van der Waals surface area contributed by atoms with Gasteiger partial charge in [-0.2, -0.15) is 0 Å². The van der Waals surface area contributed by atoms with Crippen molar-refractivity contribution in [2.45, 2.75) is 58.2 Å². The Morgan fingerprint density at radius 3 is 2.27 bits per heavy atom. The number of aryl methyl sites for hydroxylation is 1. The van der Waals surface area contributed by atoms with E-state index in [-0.39, 0.29) is 36.0 Å². The summed E-state index contributed by atoms with van der Waals surface area (Å²) in [6.07, 6.45) is 0.213. The largest absolute Gasteiger partial charge is 0.497 e. The lowest BCUT2D eigenvalue weighted by Crippen LogP contribution is -2.62. The molecule has 1 aliphatic rings. The molecule has 0 saturated carbocycles. The minimum atomic E-state index is -1.27. The number of amides is 4. The van der Waals surface area contributed by atoms with Crippen LogP contribution in [0.1, 0.15) is 58.5 Å². The Bertz CT molecular complexity index is 1540. The lowest BCUT2D eigenvalue weighted by Gasteiger charge is -2.38. The third-order valence-electron chi connectivity index (χ3n) is 8.21. The van der Waals surface area contributed by atoms with Crippen LogP contribution in [0.25, 0.3) is 0 Å². The number of aliphatic hydroxyl groups is 1. The molecule has 3 aromatic carbocycles. The summed E-state index contributed by atoms with van der Waals surface area (Å²) in [6, 6.07) is 12.8. The van der Waals surface area contributed by atoms with Crippen LogP contribution in [0.2, 0.25) is 0 Å². The van der Waals surface area contributed by atoms with Crippen LogP contribution in [-0.4, -0.2) is 90.8 Å². The quantitative estimate of drug-likeness (QED) is 0.209. The number of aliphatic hydroxyl groups excluding tert-OH is 1. The third-order valence-corrected chi connectivity index (χ3v) is 8.21. The summed E-state index contributed by atoms with van der Waals surface area (Å²) in [4.78, 5) is 43.5. The molecule has 0 radical (unpaired) electrons. The number of piperazine rings is 1. The van der Waals surface area contributed by atoms with Crippen molar-refractivity contribution in [2.75, 3.05) is 45.2 Å². The van der Waals surface area contributed by atoms with Gasteiger partial charge >= 0.3 is 6.03 Å². The first-order chi connectivity index (χ1) is 23.0. The van der Waals surface area contributed by atoms with E-state index in [9.17, 15) is 28.3 Å². The van der Waals surface area contributed by atoms with Gasteiger partial charge in [-0.25, -0.2) is 13.6 Å². The molecule has 0 bridgehead atoms. The lowest BCUT2D eigenvalue weighted by molar-refractivity contribution is 0.0551. The summed E-state index contributed by atoms with van der Waals surface area (Å²) < 4.78 is 33.5. The maximum atomic E-state index is 14.2. The predicted octanol–water partition coefficient (Wildman–Crippen LogP) is 4.75. The number of methoxy groups -OCH3 is 1. The number of hydrogen-bond acceptors (Lipinski definition) is 6. The topological polar surface area (TPSA) is 123 Å². The van der Waals surface area contributed by atoms with Crippen molar-refractivity contribution in [2.24, 2.45) is 0 Å². The van der Waals surface area contributed by atoms with Crippen molar-refractivity contribution in [1.29, 1.82) is 0 Å². The number of urea groups is 1. The number of rotatable bonds is 13. The Hall–Kier alpha value is -4.55. The molecule has 0 aliphatic carbocycles. The minimum Gasteiger partial charge on any atom is -0.497 e. The molecule has 12 heteroatoms. The van der Waals surface area contributed by atoms with Gasteiger partial charge in [0.15, 0.2) is 0 Å². The second-order valence-electron chi connectivity index (χ2n) is 12.1. The van der Waals surface area contributed by atoms with Crippen molar-refractivity contribution in [3.63, 3.8) is 0 Å². The number of carbonyl (C=O) groups excluding carboxylic acids is 3. The minimum absolute atomic E-state index is 0.0980. The zero-order chi connectivity index (χ0) is 34.8. The van der Waals surface area contributed by atoms with Gasteiger partial charge in [-0.15, -0.1) is 0 Å². The van der Waals surface area contributed by atoms with Gasteiger partial charge in [0.05, 0.1) is 25.3 Å². The molecule has 1 saturated heterocycles. The van der Waals surface area contributed by atoms with Crippen LogP contribution in [0, 0.1) is 18.6 Å². The summed E-state index contributed by atoms with van der Waals surface area (Å²) in [5.41, 5.74) is 2.09. The SMILES string of the molecule is CCCN(CCC)C(=O)c1cc(C)cc(C(=O)N[C@@H](Cc2cc(F)cc(F)c2)[C@H](O)[C@H]2CN(C(=O)Nc3ccc(OC)cc3)CCN2)c1. The highest BCUT2D eigenvalue weighted by molar-refractivity contribution is 6.00. The average Bonchev–Trinajstić information content (AvgIpc) is 3.06. The van der Waals surface area contributed by atoms with Crippen LogP contribution >= 0.6 is 0 Å². The normalized spacial score (nSPS) is 15.7. The molecule has 48 heavy (non-hydrogen) atoms. The molecule has 4 rings (SSSR count). The van der Waals surface area contributed by atoms with Crippen LogP contribution in [0.15, 0.2) is 60.7 Å². The number of carbonyl (C=O) groups is 3. The molecular weight excluding hydrogens is 620 g/mol. The molecule has 4 N–H and O–H groups in total. The number of nitrogens with one attached hydrogen (secondary N) is 3. The van der Waals surface area contributed by atoms with Crippen molar-refractivity contribution in [3.05, 3.63) is 94.6 Å². The van der Waals surface area contributed by atoms with Gasteiger partial charge in [0.1, 0.15) is 17.4 Å². The van der Waals surface area contributed by atoms with E-state index < -0.39 is 35.7 Å². The molecule has 3 aromatic rings. The highest BCUT2D eigenvalue weighted by atomic mass is 19.1. The van der Waals surface area contributed by atoms with Gasteiger partial charge in [-0.05, 0) is 91.9 Å². The Morgan fingerprint density at radius 2 is 1.65 bits per heavy atom. The van der Waals surface area contributed by atoms with E-state index in [1.807, 2.05) is 13.8 Å². The van der Waals surface area contributed by atoms with E-state index in [0.717, 1.165) is 31.0 Å². The fourth-order valence-electron chi connectivity index (χ4n) is 5.92.